The molecule has 0 aliphatic heterocycles. The van der Waals surface area contributed by atoms with Crippen LogP contribution in [-0.4, -0.2) is 29.3 Å². The predicted octanol–water partition coefficient (Wildman–Crippen LogP) is 3.78. The molecule has 0 saturated carbocycles. The molecule has 0 amide bonds. The lowest BCUT2D eigenvalue weighted by molar-refractivity contribution is 0.200. The van der Waals surface area contributed by atoms with E-state index in [-0.39, 0.29) is 0 Å². The molecule has 4 nitrogen and oxygen atoms in total. The molecule has 0 unspecified atom stereocenters. The molecule has 2 rings (SSSR count). The number of hydrogen-bond donors (Lipinski definition) is 1. The van der Waals surface area contributed by atoms with E-state index in [1.54, 1.807) is 7.11 Å². The monoisotopic (exact) mass is 319 g/mol. The molecule has 120 valence electrons. The van der Waals surface area contributed by atoms with Crippen molar-refractivity contribution >= 4 is 17.4 Å². The minimum Gasteiger partial charge on any atom is -0.385 e. The van der Waals surface area contributed by atoms with Gasteiger partial charge in [0.25, 0.3) is 0 Å². The van der Waals surface area contributed by atoms with Gasteiger partial charge in [-0.3, -0.25) is 4.68 Å². The highest BCUT2D eigenvalue weighted by Gasteiger charge is 2.08. The van der Waals surface area contributed by atoms with Crippen LogP contribution in [0.1, 0.15) is 23.4 Å². The molecule has 0 bridgehead atoms. The van der Waals surface area contributed by atoms with Crippen LogP contribution in [-0.2, 0) is 18.3 Å². The molecule has 5 heteroatoms. The molecule has 0 atom stereocenters. The molecule has 0 fully saturated rings. The summed E-state index contributed by atoms with van der Waals surface area (Å²) in [5.74, 6) is 1.09. The van der Waals surface area contributed by atoms with Gasteiger partial charge in [-0.25, -0.2) is 0 Å². The Labute approximate surface area is 137 Å². The number of rotatable bonds is 8. The Kier molecular flexibility index (Phi) is 6.34. The van der Waals surface area contributed by atoms with E-state index in [2.05, 4.69) is 48.5 Å². The highest BCUT2D eigenvalue weighted by atomic mass is 32.2. The summed E-state index contributed by atoms with van der Waals surface area (Å²) in [5.41, 5.74) is 4.73. The van der Waals surface area contributed by atoms with Crippen LogP contribution in [0.4, 0.5) is 5.69 Å². The second-order valence-electron chi connectivity index (χ2n) is 5.35. The smallest absolute Gasteiger partial charge is 0.0646 e. The van der Waals surface area contributed by atoms with Gasteiger partial charge < -0.3 is 10.1 Å². The van der Waals surface area contributed by atoms with Crippen molar-refractivity contribution in [2.45, 2.75) is 31.7 Å². The summed E-state index contributed by atoms with van der Waals surface area (Å²) in [6.45, 7) is 5.81. The van der Waals surface area contributed by atoms with Gasteiger partial charge in [0.1, 0.15) is 0 Å². The Morgan fingerprint density at radius 3 is 2.55 bits per heavy atom. The van der Waals surface area contributed by atoms with Crippen molar-refractivity contribution in [3.63, 3.8) is 0 Å². The van der Waals surface area contributed by atoms with E-state index < -0.39 is 0 Å². The van der Waals surface area contributed by atoms with Gasteiger partial charge >= 0.3 is 0 Å². The van der Waals surface area contributed by atoms with Crippen LogP contribution in [0, 0.1) is 13.8 Å². The molecule has 0 aliphatic rings. The minimum absolute atomic E-state index is 0.811. The van der Waals surface area contributed by atoms with Gasteiger partial charge in [0.15, 0.2) is 0 Å². The fraction of sp³-hybridized carbons (Fsp3) is 0.471. The first-order valence-corrected chi connectivity index (χ1v) is 8.55. The maximum atomic E-state index is 5.06. The molecule has 22 heavy (non-hydrogen) atoms. The molecule has 1 aromatic carbocycles. The molecule has 0 saturated heterocycles. The number of anilines is 1. The van der Waals surface area contributed by atoms with Gasteiger partial charge in [-0.05, 0) is 44.5 Å². The summed E-state index contributed by atoms with van der Waals surface area (Å²) in [5, 5.41) is 7.93. The third-order valence-corrected chi connectivity index (χ3v) is 4.84. The maximum absolute atomic E-state index is 5.06. The summed E-state index contributed by atoms with van der Waals surface area (Å²) in [6, 6.07) is 8.62. The number of aromatic nitrogens is 2. The van der Waals surface area contributed by atoms with Crippen molar-refractivity contribution in [2.24, 2.45) is 7.05 Å². The SMILES string of the molecule is COCCCSc1ccc(NCc2c(C)nn(C)c2C)cc1. The van der Waals surface area contributed by atoms with Crippen molar-refractivity contribution < 1.29 is 4.74 Å². The summed E-state index contributed by atoms with van der Waals surface area (Å²) in [7, 11) is 3.73. The normalized spacial score (nSPS) is 10.9. The number of nitrogens with one attached hydrogen (secondary N) is 1. The second-order valence-corrected chi connectivity index (χ2v) is 6.51. The first kappa shape index (κ1) is 16.9. The number of ether oxygens (including phenoxy) is 1. The van der Waals surface area contributed by atoms with Gasteiger partial charge in [0, 0.05) is 54.9 Å². The average Bonchev–Trinajstić information content (AvgIpc) is 2.76. The Balaban J connectivity index is 1.86. The van der Waals surface area contributed by atoms with Crippen molar-refractivity contribution in [3.8, 4) is 0 Å². The first-order valence-electron chi connectivity index (χ1n) is 7.56. The Bertz CT molecular complexity index is 593. The van der Waals surface area contributed by atoms with E-state index in [1.165, 1.54) is 16.2 Å². The highest BCUT2D eigenvalue weighted by Crippen LogP contribution is 2.22. The van der Waals surface area contributed by atoms with E-state index in [1.807, 2.05) is 23.5 Å². The third kappa shape index (κ3) is 4.52. The van der Waals surface area contributed by atoms with Gasteiger partial charge in [-0.15, -0.1) is 11.8 Å². The molecule has 0 radical (unpaired) electrons. The molecule has 1 aromatic heterocycles. The van der Waals surface area contributed by atoms with E-state index in [0.29, 0.717) is 0 Å². The van der Waals surface area contributed by atoms with Crippen molar-refractivity contribution in [3.05, 3.63) is 41.2 Å². The van der Waals surface area contributed by atoms with E-state index >= 15 is 0 Å². The van der Waals surface area contributed by atoms with Crippen LogP contribution in [0.25, 0.3) is 0 Å². The highest BCUT2D eigenvalue weighted by molar-refractivity contribution is 7.99. The van der Waals surface area contributed by atoms with Gasteiger partial charge in [-0.1, -0.05) is 0 Å². The fourth-order valence-electron chi connectivity index (χ4n) is 2.33. The average molecular weight is 319 g/mol. The number of methoxy groups -OCH3 is 1. The topological polar surface area (TPSA) is 39.1 Å². The zero-order valence-corrected chi connectivity index (χ0v) is 14.7. The lowest BCUT2D eigenvalue weighted by Crippen LogP contribution is -2.02. The lowest BCUT2D eigenvalue weighted by atomic mass is 10.2. The Morgan fingerprint density at radius 1 is 1.23 bits per heavy atom. The molecule has 1 heterocycles. The third-order valence-electron chi connectivity index (χ3n) is 3.74. The molecule has 1 N–H and O–H groups in total. The van der Waals surface area contributed by atoms with E-state index in [4.69, 9.17) is 4.74 Å². The van der Waals surface area contributed by atoms with Crippen LogP contribution < -0.4 is 5.32 Å². The predicted molar refractivity (Wildman–Crippen MR) is 93.7 cm³/mol. The zero-order valence-electron chi connectivity index (χ0n) is 13.8. The van der Waals surface area contributed by atoms with Gasteiger partial charge in [0.2, 0.25) is 0 Å². The van der Waals surface area contributed by atoms with Crippen molar-refractivity contribution in [1.29, 1.82) is 0 Å². The van der Waals surface area contributed by atoms with Crippen LogP contribution in [0.15, 0.2) is 29.2 Å². The Morgan fingerprint density at radius 2 is 1.95 bits per heavy atom. The quantitative estimate of drug-likeness (QED) is 0.594. The number of nitrogens with zero attached hydrogens (tertiary/aromatic N) is 2. The van der Waals surface area contributed by atoms with Crippen LogP contribution in [0.2, 0.25) is 0 Å². The van der Waals surface area contributed by atoms with Gasteiger partial charge in [-0.2, -0.15) is 5.10 Å². The molecule has 0 spiro atoms. The summed E-state index contributed by atoms with van der Waals surface area (Å²) in [4.78, 5) is 1.30. The molecule has 0 aliphatic carbocycles. The van der Waals surface area contributed by atoms with E-state index in [0.717, 1.165) is 36.7 Å². The summed E-state index contributed by atoms with van der Waals surface area (Å²) < 4.78 is 7.00. The number of thioether (sulfide) groups is 1. The number of benzene rings is 1. The zero-order chi connectivity index (χ0) is 15.9. The fourth-order valence-corrected chi connectivity index (χ4v) is 3.15. The largest absolute Gasteiger partial charge is 0.385 e. The lowest BCUT2D eigenvalue weighted by Gasteiger charge is -2.08. The molecular formula is C17H25N3OS. The summed E-state index contributed by atoms with van der Waals surface area (Å²) in [6.07, 6.45) is 1.08. The van der Waals surface area contributed by atoms with Crippen molar-refractivity contribution in [1.82, 2.24) is 9.78 Å². The number of aryl methyl sites for hydroxylation is 2. The van der Waals surface area contributed by atoms with E-state index in [9.17, 15) is 0 Å². The van der Waals surface area contributed by atoms with Crippen LogP contribution >= 0.6 is 11.8 Å². The Hall–Kier alpha value is -1.46. The number of hydrogen-bond acceptors (Lipinski definition) is 4. The minimum atomic E-state index is 0.811. The van der Waals surface area contributed by atoms with Gasteiger partial charge in [0.05, 0.1) is 5.69 Å². The maximum Gasteiger partial charge on any atom is 0.0646 e. The summed E-state index contributed by atoms with van der Waals surface area (Å²) >= 11 is 1.87. The molecule has 2 aromatic rings. The van der Waals surface area contributed by atoms with Crippen molar-refractivity contribution in [2.75, 3.05) is 24.8 Å². The van der Waals surface area contributed by atoms with Crippen LogP contribution in [0.3, 0.4) is 0 Å². The standard InChI is InChI=1S/C17H25N3OS/c1-13-17(14(2)20(3)19-13)12-18-15-6-8-16(9-7-15)22-11-5-10-21-4/h6-9,18H,5,10-12H2,1-4H3. The first-order chi connectivity index (χ1) is 10.6. The van der Waals surface area contributed by atoms with Crippen LogP contribution in [0.5, 0.6) is 0 Å². The molecular weight excluding hydrogens is 294 g/mol. The second kappa shape index (κ2) is 8.25.